The van der Waals surface area contributed by atoms with Crippen molar-refractivity contribution in [2.24, 2.45) is 0 Å². The molecule has 0 saturated heterocycles. The molecule has 9 aromatic carbocycles. The Balaban J connectivity index is 1.03. The number of benzene rings is 9. The average molecular weight is 810 g/mol. The maximum Gasteiger partial charge on any atom is 0.164 e. The van der Waals surface area contributed by atoms with Crippen LogP contribution in [0, 0.1) is 0 Å². The van der Waals surface area contributed by atoms with E-state index in [0.29, 0.717) is 23.3 Å². The van der Waals surface area contributed by atoms with E-state index in [2.05, 4.69) is 127 Å². The molecule has 7 heteroatoms. The molecule has 0 radical (unpaired) electrons. The van der Waals surface area contributed by atoms with Crippen molar-refractivity contribution in [1.82, 2.24) is 24.9 Å². The zero-order valence-corrected chi connectivity index (χ0v) is 33.8. The van der Waals surface area contributed by atoms with Crippen molar-refractivity contribution in [2.45, 2.75) is 0 Å². The Morgan fingerprint density at radius 2 is 0.887 bits per heavy atom. The van der Waals surface area contributed by atoms with Gasteiger partial charge in [-0.1, -0.05) is 152 Å². The van der Waals surface area contributed by atoms with Gasteiger partial charge < -0.3 is 4.42 Å². The Morgan fingerprint density at radius 1 is 0.339 bits per heavy atom. The predicted molar refractivity (Wildman–Crippen MR) is 255 cm³/mol. The molecule has 0 amide bonds. The van der Waals surface area contributed by atoms with Crippen LogP contribution in [0.3, 0.4) is 0 Å². The van der Waals surface area contributed by atoms with Crippen molar-refractivity contribution in [1.29, 1.82) is 0 Å². The predicted octanol–water partition coefficient (Wildman–Crippen LogP) is 14.7. The van der Waals surface area contributed by atoms with Crippen molar-refractivity contribution in [3.05, 3.63) is 188 Å². The van der Waals surface area contributed by atoms with Crippen molar-refractivity contribution >= 4 is 85.9 Å². The van der Waals surface area contributed by atoms with E-state index in [-0.39, 0.29) is 0 Å². The summed E-state index contributed by atoms with van der Waals surface area (Å²) in [6.07, 6.45) is 0. The zero-order valence-electron chi connectivity index (χ0n) is 33.0. The van der Waals surface area contributed by atoms with Crippen LogP contribution in [0.25, 0.3) is 131 Å². The Kier molecular flexibility index (Phi) is 7.67. The number of hydrogen-bond donors (Lipinski definition) is 0. The third-order valence-corrected chi connectivity index (χ3v) is 13.1. The maximum atomic E-state index is 6.59. The van der Waals surface area contributed by atoms with Crippen LogP contribution in [0.15, 0.2) is 192 Å². The van der Waals surface area contributed by atoms with Crippen molar-refractivity contribution in [3.8, 4) is 56.8 Å². The summed E-state index contributed by atoms with van der Waals surface area (Å²) in [6.45, 7) is 0. The first-order valence-corrected chi connectivity index (χ1v) is 21.4. The largest absolute Gasteiger partial charge is 0.456 e. The van der Waals surface area contributed by atoms with Crippen LogP contribution in [0.5, 0.6) is 0 Å². The van der Waals surface area contributed by atoms with Crippen LogP contribution in [0.2, 0.25) is 0 Å². The second-order valence-electron chi connectivity index (χ2n) is 15.6. The molecule has 0 aliphatic carbocycles. The second-order valence-corrected chi connectivity index (χ2v) is 16.6. The standard InChI is InChI=1S/C55H31N5OS/c1-3-14-32(15-4-1)52-56-49(51-50(57-52)41-22-11-12-25-47(41)62-51)34-27-29-45-44(30-34)48-42(23-13-24-46(48)61-45)55-59-53(33-16-5-2-6-17-33)58-54(60-55)35-26-28-40-38-20-8-7-18-36(38)37-19-9-10-21-39(37)43(40)31-35/h1-31H. The van der Waals surface area contributed by atoms with Gasteiger partial charge in [0, 0.05) is 48.7 Å². The molecule has 13 aromatic rings. The molecule has 0 bridgehead atoms. The number of thiophene rings is 1. The molecule has 0 saturated carbocycles. The van der Waals surface area contributed by atoms with Gasteiger partial charge in [0.15, 0.2) is 23.3 Å². The van der Waals surface area contributed by atoms with Crippen molar-refractivity contribution in [3.63, 3.8) is 0 Å². The molecule has 0 atom stereocenters. The minimum Gasteiger partial charge on any atom is -0.456 e. The maximum absolute atomic E-state index is 6.59. The lowest BCUT2D eigenvalue weighted by molar-refractivity contribution is 0.669. The minimum atomic E-state index is 0.566. The number of nitrogens with zero attached hydrogens (tertiary/aromatic N) is 5. The smallest absolute Gasteiger partial charge is 0.164 e. The highest BCUT2D eigenvalue weighted by Gasteiger charge is 2.21. The van der Waals surface area contributed by atoms with E-state index in [1.165, 1.54) is 31.6 Å². The molecular formula is C55H31N5OS. The lowest BCUT2D eigenvalue weighted by atomic mass is 9.93. The molecule has 0 spiro atoms. The van der Waals surface area contributed by atoms with E-state index < -0.39 is 0 Å². The first-order valence-electron chi connectivity index (χ1n) is 20.6. The van der Waals surface area contributed by atoms with Crippen LogP contribution >= 0.6 is 11.3 Å². The number of hydrogen-bond acceptors (Lipinski definition) is 7. The molecule has 0 aliphatic heterocycles. The topological polar surface area (TPSA) is 77.6 Å². The van der Waals surface area contributed by atoms with Crippen LogP contribution < -0.4 is 0 Å². The first kappa shape index (κ1) is 34.7. The molecule has 0 unspecified atom stereocenters. The molecular weight excluding hydrogens is 779 g/mol. The summed E-state index contributed by atoms with van der Waals surface area (Å²) in [5, 5.41) is 10.2. The summed E-state index contributed by atoms with van der Waals surface area (Å²) in [5.74, 6) is 2.45. The fourth-order valence-corrected chi connectivity index (χ4v) is 10.2. The highest BCUT2D eigenvalue weighted by molar-refractivity contribution is 7.26. The molecule has 4 heterocycles. The van der Waals surface area contributed by atoms with E-state index in [0.717, 1.165) is 76.4 Å². The van der Waals surface area contributed by atoms with Crippen molar-refractivity contribution in [2.75, 3.05) is 0 Å². The van der Waals surface area contributed by atoms with E-state index in [1.807, 2.05) is 60.7 Å². The molecule has 4 aromatic heterocycles. The van der Waals surface area contributed by atoms with Crippen LogP contribution in [0.1, 0.15) is 0 Å². The SMILES string of the molecule is c1ccc(-c2nc(-c3ccc4c5ccccc5c5ccccc5c4c3)nc(-c3cccc4oc5ccc(-c6nc(-c7ccccc7)nc7c6sc6ccccc67)cc5c34)n2)cc1. The molecule has 6 nitrogen and oxygen atoms in total. The zero-order chi connectivity index (χ0) is 40.7. The lowest BCUT2D eigenvalue weighted by Gasteiger charge is -2.13. The molecule has 0 N–H and O–H groups in total. The van der Waals surface area contributed by atoms with Gasteiger partial charge in [-0.3, -0.25) is 0 Å². The van der Waals surface area contributed by atoms with Gasteiger partial charge in [0.2, 0.25) is 0 Å². The summed E-state index contributed by atoms with van der Waals surface area (Å²) < 4.78 is 8.81. The third-order valence-electron chi connectivity index (χ3n) is 11.9. The Morgan fingerprint density at radius 3 is 1.60 bits per heavy atom. The Bertz CT molecular complexity index is 3900. The van der Waals surface area contributed by atoms with Crippen LogP contribution in [-0.4, -0.2) is 24.9 Å². The molecule has 0 aliphatic rings. The normalized spacial score (nSPS) is 11.9. The summed E-state index contributed by atoms with van der Waals surface area (Å²) in [4.78, 5) is 26.1. The number of rotatable bonds is 5. The van der Waals surface area contributed by atoms with Gasteiger partial charge in [0.1, 0.15) is 11.2 Å². The van der Waals surface area contributed by atoms with Crippen LogP contribution in [0.4, 0.5) is 0 Å². The summed E-state index contributed by atoms with van der Waals surface area (Å²) >= 11 is 1.72. The Labute approximate surface area is 358 Å². The molecule has 288 valence electrons. The third kappa shape index (κ3) is 5.45. The minimum absolute atomic E-state index is 0.566. The van der Waals surface area contributed by atoms with Gasteiger partial charge >= 0.3 is 0 Å². The molecule has 13 rings (SSSR count). The quantitative estimate of drug-likeness (QED) is 0.161. The second kappa shape index (κ2) is 13.7. The number of fused-ring (bicyclic) bond motifs is 12. The fourth-order valence-electron chi connectivity index (χ4n) is 9.05. The van der Waals surface area contributed by atoms with E-state index in [1.54, 1.807) is 11.3 Å². The van der Waals surface area contributed by atoms with Crippen LogP contribution in [-0.2, 0) is 0 Å². The summed E-state index contributed by atoms with van der Waals surface area (Å²) in [6, 6.07) is 65.1. The fraction of sp³-hybridized carbons (Fsp3) is 0. The Hall–Kier alpha value is -8.13. The van der Waals surface area contributed by atoms with Gasteiger partial charge in [0.05, 0.1) is 15.9 Å². The average Bonchev–Trinajstić information content (AvgIpc) is 3.92. The van der Waals surface area contributed by atoms with Gasteiger partial charge in [-0.05, 0) is 68.7 Å². The van der Waals surface area contributed by atoms with Gasteiger partial charge in [-0.25, -0.2) is 24.9 Å². The molecule has 62 heavy (non-hydrogen) atoms. The molecule has 0 fully saturated rings. The highest BCUT2D eigenvalue weighted by atomic mass is 32.1. The summed E-state index contributed by atoms with van der Waals surface area (Å²) in [7, 11) is 0. The van der Waals surface area contributed by atoms with Gasteiger partial charge in [-0.15, -0.1) is 11.3 Å². The van der Waals surface area contributed by atoms with E-state index >= 15 is 0 Å². The van der Waals surface area contributed by atoms with Gasteiger partial charge in [-0.2, -0.15) is 0 Å². The lowest BCUT2D eigenvalue weighted by Crippen LogP contribution is -2.00. The van der Waals surface area contributed by atoms with E-state index in [4.69, 9.17) is 29.3 Å². The summed E-state index contributed by atoms with van der Waals surface area (Å²) in [5.41, 5.74) is 7.98. The highest BCUT2D eigenvalue weighted by Crippen LogP contribution is 2.43. The number of furan rings is 1. The van der Waals surface area contributed by atoms with Gasteiger partial charge in [0.25, 0.3) is 0 Å². The monoisotopic (exact) mass is 809 g/mol. The van der Waals surface area contributed by atoms with Crippen molar-refractivity contribution < 1.29 is 4.42 Å². The first-order chi connectivity index (χ1) is 30.7. The van der Waals surface area contributed by atoms with E-state index in [9.17, 15) is 0 Å². The number of aromatic nitrogens is 5.